The molecule has 0 fully saturated rings. The van der Waals surface area contributed by atoms with Crippen LogP contribution in [0.4, 0.5) is 10.1 Å². The van der Waals surface area contributed by atoms with Gasteiger partial charge in [-0.05, 0) is 42.3 Å². The van der Waals surface area contributed by atoms with Crippen LogP contribution in [-0.2, 0) is 26.5 Å². The highest BCUT2D eigenvalue weighted by Crippen LogP contribution is 2.22. The minimum atomic E-state index is -4.28. The minimum Gasteiger partial charge on any atom is -0.282 e. The Kier molecular flexibility index (Phi) is 5.49. The molecule has 0 heterocycles. The van der Waals surface area contributed by atoms with Crippen LogP contribution in [0.2, 0.25) is 5.02 Å². The van der Waals surface area contributed by atoms with E-state index in [1.807, 2.05) is 0 Å². The van der Waals surface area contributed by atoms with E-state index in [1.165, 1.54) is 0 Å². The molecule has 10 heteroatoms. The van der Waals surface area contributed by atoms with E-state index in [-0.39, 0.29) is 17.9 Å². The minimum absolute atomic E-state index is 0.193. The van der Waals surface area contributed by atoms with Gasteiger partial charge >= 0.3 is 0 Å². The molecule has 0 radical (unpaired) electrons. The molecule has 2 aromatic rings. The maximum Gasteiger partial charge on any atom is 0.240 e. The van der Waals surface area contributed by atoms with Crippen molar-refractivity contribution in [1.82, 2.24) is 0 Å². The largest absolute Gasteiger partial charge is 0.282 e. The van der Waals surface area contributed by atoms with Crippen LogP contribution in [0.3, 0.4) is 0 Å². The van der Waals surface area contributed by atoms with Crippen molar-refractivity contribution in [2.24, 2.45) is 5.14 Å². The molecule has 0 amide bonds. The highest BCUT2D eigenvalue weighted by Gasteiger charge is 2.19. The predicted octanol–water partition coefficient (Wildman–Crippen LogP) is 2.11. The standard InChI is InChI=1S/C14H14ClFN2O4S2/c15-11-3-1-10(2-4-11)7-8-23(19,20)18-13-6-5-12(16)9-14(13)24(17,21)22/h1-6,9,18H,7-8H2,(H2,17,21,22). The maximum absolute atomic E-state index is 13.2. The van der Waals surface area contributed by atoms with Crippen LogP contribution in [0.1, 0.15) is 5.56 Å². The highest BCUT2D eigenvalue weighted by molar-refractivity contribution is 7.93. The lowest BCUT2D eigenvalue weighted by Gasteiger charge is -2.11. The van der Waals surface area contributed by atoms with Crippen molar-refractivity contribution >= 4 is 37.3 Å². The first-order valence-corrected chi connectivity index (χ1v) is 10.2. The van der Waals surface area contributed by atoms with E-state index < -0.39 is 30.8 Å². The molecular weight excluding hydrogens is 379 g/mol. The zero-order valence-corrected chi connectivity index (χ0v) is 14.6. The van der Waals surface area contributed by atoms with E-state index in [9.17, 15) is 21.2 Å². The fourth-order valence-corrected chi connectivity index (χ4v) is 3.95. The lowest BCUT2D eigenvalue weighted by atomic mass is 10.2. The molecule has 0 aromatic heterocycles. The third-order valence-electron chi connectivity index (χ3n) is 3.09. The molecule has 0 aliphatic rings. The van der Waals surface area contributed by atoms with Crippen LogP contribution in [0.25, 0.3) is 0 Å². The number of sulfonamides is 2. The number of rotatable bonds is 6. The summed E-state index contributed by atoms with van der Waals surface area (Å²) in [6, 6.07) is 9.25. The van der Waals surface area contributed by atoms with Gasteiger partial charge in [-0.3, -0.25) is 4.72 Å². The summed E-state index contributed by atoms with van der Waals surface area (Å²) in [4.78, 5) is -0.627. The van der Waals surface area contributed by atoms with Crippen LogP contribution in [0.5, 0.6) is 0 Å². The molecule has 0 aliphatic heterocycles. The second-order valence-corrected chi connectivity index (χ2v) is 8.79. The van der Waals surface area contributed by atoms with Crippen molar-refractivity contribution in [2.45, 2.75) is 11.3 Å². The molecular formula is C14H14ClFN2O4S2. The number of hydrogen-bond donors (Lipinski definition) is 2. The van der Waals surface area contributed by atoms with Gasteiger partial charge in [0.25, 0.3) is 0 Å². The van der Waals surface area contributed by atoms with Crippen molar-refractivity contribution in [3.63, 3.8) is 0 Å². The Morgan fingerprint density at radius 1 is 1.04 bits per heavy atom. The SMILES string of the molecule is NS(=O)(=O)c1cc(F)ccc1NS(=O)(=O)CCc1ccc(Cl)cc1. The first-order chi connectivity index (χ1) is 11.1. The summed E-state index contributed by atoms with van der Waals surface area (Å²) in [7, 11) is -8.15. The maximum atomic E-state index is 13.2. The molecule has 2 rings (SSSR count). The Morgan fingerprint density at radius 3 is 2.25 bits per heavy atom. The van der Waals surface area contributed by atoms with Crippen molar-refractivity contribution in [3.05, 3.63) is 58.9 Å². The Balaban J connectivity index is 2.19. The van der Waals surface area contributed by atoms with Crippen molar-refractivity contribution < 1.29 is 21.2 Å². The Morgan fingerprint density at radius 2 is 1.67 bits per heavy atom. The molecule has 0 saturated heterocycles. The number of benzene rings is 2. The summed E-state index contributed by atoms with van der Waals surface area (Å²) < 4.78 is 62.5. The second kappa shape index (κ2) is 7.06. The number of aryl methyl sites for hydroxylation is 1. The number of hydrogen-bond acceptors (Lipinski definition) is 4. The number of nitrogens with two attached hydrogens (primary N) is 1. The van der Waals surface area contributed by atoms with Gasteiger partial charge in [0.1, 0.15) is 10.7 Å². The third kappa shape index (κ3) is 5.17. The topological polar surface area (TPSA) is 106 Å². The molecule has 0 aliphatic carbocycles. The van der Waals surface area contributed by atoms with Crippen molar-refractivity contribution in [1.29, 1.82) is 0 Å². The van der Waals surface area contributed by atoms with Crippen molar-refractivity contribution in [2.75, 3.05) is 10.5 Å². The molecule has 0 atom stereocenters. The van der Waals surface area contributed by atoms with Gasteiger partial charge in [-0.1, -0.05) is 23.7 Å². The van der Waals surface area contributed by atoms with Crippen LogP contribution in [0.15, 0.2) is 47.4 Å². The summed E-state index contributed by atoms with van der Waals surface area (Å²) in [6.07, 6.45) is 0.193. The van der Waals surface area contributed by atoms with Crippen LogP contribution in [0, 0.1) is 5.82 Å². The van der Waals surface area contributed by atoms with E-state index >= 15 is 0 Å². The zero-order valence-electron chi connectivity index (χ0n) is 12.2. The normalized spacial score (nSPS) is 12.1. The lowest BCUT2D eigenvalue weighted by molar-refractivity contribution is 0.592. The molecule has 0 bridgehead atoms. The lowest BCUT2D eigenvalue weighted by Crippen LogP contribution is -2.21. The molecule has 24 heavy (non-hydrogen) atoms. The smallest absolute Gasteiger partial charge is 0.240 e. The fraction of sp³-hybridized carbons (Fsp3) is 0.143. The fourth-order valence-electron chi connectivity index (χ4n) is 1.94. The van der Waals surface area contributed by atoms with Crippen LogP contribution in [-0.4, -0.2) is 22.6 Å². The number of primary sulfonamides is 1. The van der Waals surface area contributed by atoms with Gasteiger partial charge in [-0.15, -0.1) is 0 Å². The first kappa shape index (κ1) is 18.7. The molecule has 6 nitrogen and oxygen atoms in total. The average Bonchev–Trinajstić information content (AvgIpc) is 2.47. The van der Waals surface area contributed by atoms with Gasteiger partial charge in [-0.2, -0.15) is 0 Å². The summed E-state index contributed by atoms with van der Waals surface area (Å²) in [5, 5.41) is 5.51. The number of halogens is 2. The number of nitrogens with one attached hydrogen (secondary N) is 1. The van der Waals surface area contributed by atoms with E-state index in [0.717, 1.165) is 17.7 Å². The Labute approximate surface area is 144 Å². The third-order valence-corrected chi connectivity index (χ3v) is 5.56. The first-order valence-electron chi connectivity index (χ1n) is 6.64. The van der Waals surface area contributed by atoms with Gasteiger partial charge in [0.15, 0.2) is 0 Å². The predicted molar refractivity (Wildman–Crippen MR) is 90.3 cm³/mol. The molecule has 0 unspecified atom stereocenters. The van der Waals surface area contributed by atoms with E-state index in [0.29, 0.717) is 11.1 Å². The quantitative estimate of drug-likeness (QED) is 0.785. The van der Waals surface area contributed by atoms with Crippen LogP contribution < -0.4 is 9.86 Å². The van der Waals surface area contributed by atoms with Crippen molar-refractivity contribution in [3.8, 4) is 0 Å². The summed E-state index contributed by atoms with van der Waals surface area (Å²) in [5.41, 5.74) is 0.450. The average molecular weight is 393 g/mol. The van der Waals surface area contributed by atoms with Gasteiger partial charge in [0.2, 0.25) is 20.0 Å². The Bertz CT molecular complexity index is 945. The highest BCUT2D eigenvalue weighted by atomic mass is 35.5. The summed E-state index contributed by atoms with van der Waals surface area (Å²) in [5.74, 6) is -1.14. The zero-order chi connectivity index (χ0) is 18.0. The summed E-state index contributed by atoms with van der Waals surface area (Å²) in [6.45, 7) is 0. The van der Waals surface area contributed by atoms with Crippen LogP contribution >= 0.6 is 11.6 Å². The molecule has 0 spiro atoms. The van der Waals surface area contributed by atoms with E-state index in [2.05, 4.69) is 4.72 Å². The van der Waals surface area contributed by atoms with E-state index in [1.54, 1.807) is 24.3 Å². The van der Waals surface area contributed by atoms with Gasteiger partial charge in [-0.25, -0.2) is 26.4 Å². The molecule has 0 saturated carbocycles. The number of anilines is 1. The molecule has 2 aromatic carbocycles. The van der Waals surface area contributed by atoms with Gasteiger partial charge in [0.05, 0.1) is 11.4 Å². The van der Waals surface area contributed by atoms with E-state index in [4.69, 9.17) is 16.7 Å². The molecule has 130 valence electrons. The Hall–Kier alpha value is -1.68. The summed E-state index contributed by atoms with van der Waals surface area (Å²) >= 11 is 5.75. The monoisotopic (exact) mass is 392 g/mol. The molecule has 3 N–H and O–H groups in total. The van der Waals surface area contributed by atoms with Gasteiger partial charge in [0, 0.05) is 5.02 Å². The van der Waals surface area contributed by atoms with Gasteiger partial charge < -0.3 is 0 Å². The second-order valence-electron chi connectivity index (χ2n) is 4.98.